The van der Waals surface area contributed by atoms with E-state index in [1.807, 2.05) is 13.1 Å². The van der Waals surface area contributed by atoms with E-state index in [-0.39, 0.29) is 6.10 Å². The van der Waals surface area contributed by atoms with Gasteiger partial charge in [-0.2, -0.15) is 4.98 Å². The number of hydrogen-bond donors (Lipinski definition) is 1. The Morgan fingerprint density at radius 2 is 2.38 bits per heavy atom. The lowest BCUT2D eigenvalue weighted by Gasteiger charge is -2.27. The van der Waals surface area contributed by atoms with Crippen LogP contribution in [0.4, 0.5) is 11.8 Å². The first-order valence-electron chi connectivity index (χ1n) is 5.57. The zero-order chi connectivity index (χ0) is 11.5. The number of aromatic nitrogens is 2. The highest BCUT2D eigenvalue weighted by Gasteiger charge is 2.28. The predicted octanol–water partition coefficient (Wildman–Crippen LogP) is 1.13. The number of nitrogens with one attached hydrogen (secondary N) is 1. The minimum Gasteiger partial charge on any atom is -0.376 e. The van der Waals surface area contributed by atoms with Crippen LogP contribution in [0.15, 0.2) is 12.3 Å². The molecule has 1 saturated heterocycles. The van der Waals surface area contributed by atoms with Crippen LogP contribution < -0.4 is 10.2 Å². The summed E-state index contributed by atoms with van der Waals surface area (Å²) in [7, 11) is 3.87. The molecule has 1 fully saturated rings. The molecule has 2 atom stereocenters. The van der Waals surface area contributed by atoms with E-state index in [0.717, 1.165) is 18.8 Å². The van der Waals surface area contributed by atoms with Gasteiger partial charge in [0, 0.05) is 26.9 Å². The van der Waals surface area contributed by atoms with Gasteiger partial charge in [-0.15, -0.1) is 0 Å². The van der Waals surface area contributed by atoms with Gasteiger partial charge >= 0.3 is 0 Å². The third-order valence-electron chi connectivity index (χ3n) is 3.06. The molecule has 0 aromatic carbocycles. The Labute approximate surface area is 95.8 Å². The zero-order valence-corrected chi connectivity index (χ0v) is 9.97. The summed E-state index contributed by atoms with van der Waals surface area (Å²) in [5.41, 5.74) is 0. The van der Waals surface area contributed by atoms with E-state index in [9.17, 15) is 0 Å². The monoisotopic (exact) mass is 222 g/mol. The second kappa shape index (κ2) is 4.65. The second-order valence-electron chi connectivity index (χ2n) is 4.03. The molecule has 2 heterocycles. The number of likely N-dealkylation sites (N-methyl/N-ethyl adjacent to an activating group) is 1. The Bertz CT molecular complexity index is 358. The molecule has 1 aliphatic rings. The van der Waals surface area contributed by atoms with Gasteiger partial charge in [-0.05, 0) is 19.4 Å². The average molecular weight is 222 g/mol. The van der Waals surface area contributed by atoms with Crippen molar-refractivity contribution in [1.82, 2.24) is 9.97 Å². The zero-order valence-electron chi connectivity index (χ0n) is 9.97. The second-order valence-corrected chi connectivity index (χ2v) is 4.03. The lowest BCUT2D eigenvalue weighted by molar-refractivity contribution is 0.118. The van der Waals surface area contributed by atoms with Crippen LogP contribution in [-0.4, -0.2) is 42.8 Å². The fourth-order valence-electron chi connectivity index (χ4n) is 2.06. The molecular formula is C11H18N4O. The van der Waals surface area contributed by atoms with E-state index < -0.39 is 0 Å². The summed E-state index contributed by atoms with van der Waals surface area (Å²) in [5.74, 6) is 1.58. The first-order valence-corrected chi connectivity index (χ1v) is 5.57. The molecule has 1 aromatic rings. The number of rotatable bonds is 3. The van der Waals surface area contributed by atoms with Gasteiger partial charge in [-0.3, -0.25) is 0 Å². The van der Waals surface area contributed by atoms with Gasteiger partial charge in [0.1, 0.15) is 5.82 Å². The third-order valence-corrected chi connectivity index (χ3v) is 3.06. The van der Waals surface area contributed by atoms with Crippen LogP contribution in [0.3, 0.4) is 0 Å². The van der Waals surface area contributed by atoms with E-state index in [0.29, 0.717) is 12.0 Å². The van der Waals surface area contributed by atoms with Gasteiger partial charge in [0.25, 0.3) is 0 Å². The summed E-state index contributed by atoms with van der Waals surface area (Å²) in [6.45, 7) is 2.94. The van der Waals surface area contributed by atoms with Crippen LogP contribution in [0, 0.1) is 0 Å². The van der Waals surface area contributed by atoms with Crippen LogP contribution >= 0.6 is 0 Å². The fourth-order valence-corrected chi connectivity index (χ4v) is 2.06. The molecule has 1 N–H and O–H groups in total. The van der Waals surface area contributed by atoms with Crippen molar-refractivity contribution in [3.8, 4) is 0 Å². The van der Waals surface area contributed by atoms with Gasteiger partial charge in [0.15, 0.2) is 0 Å². The topological polar surface area (TPSA) is 50.3 Å². The van der Waals surface area contributed by atoms with Crippen molar-refractivity contribution in [3.05, 3.63) is 12.3 Å². The van der Waals surface area contributed by atoms with Gasteiger partial charge in [-0.1, -0.05) is 0 Å². The molecule has 0 saturated carbocycles. The number of nitrogens with zero attached hydrogens (tertiary/aromatic N) is 3. The predicted molar refractivity (Wildman–Crippen MR) is 63.8 cm³/mol. The Morgan fingerprint density at radius 3 is 3.00 bits per heavy atom. The van der Waals surface area contributed by atoms with Gasteiger partial charge in [-0.25, -0.2) is 4.98 Å². The van der Waals surface area contributed by atoms with Crippen molar-refractivity contribution in [2.24, 2.45) is 0 Å². The molecule has 16 heavy (non-hydrogen) atoms. The first-order chi connectivity index (χ1) is 7.72. The van der Waals surface area contributed by atoms with Crippen molar-refractivity contribution in [2.45, 2.75) is 25.5 Å². The molecule has 1 aliphatic heterocycles. The van der Waals surface area contributed by atoms with Crippen molar-refractivity contribution >= 4 is 11.8 Å². The maximum atomic E-state index is 5.56. The highest BCUT2D eigenvalue weighted by molar-refractivity contribution is 5.42. The summed E-state index contributed by atoms with van der Waals surface area (Å²) in [5, 5.41) is 2.94. The molecular weight excluding hydrogens is 204 g/mol. The Kier molecular flexibility index (Phi) is 3.24. The lowest BCUT2D eigenvalue weighted by atomic mass is 10.1. The molecule has 1 aromatic heterocycles. The molecule has 0 aliphatic carbocycles. The number of ether oxygens (including phenoxy) is 1. The molecule has 0 bridgehead atoms. The van der Waals surface area contributed by atoms with Crippen LogP contribution in [-0.2, 0) is 4.74 Å². The standard InChI is InChI=1S/C11H18N4O/c1-8-9(5-7-16-8)15(3)10-4-6-13-11(12-2)14-10/h4,6,8-9H,5,7H2,1-3H3,(H,12,13,14). The smallest absolute Gasteiger partial charge is 0.224 e. The van der Waals surface area contributed by atoms with Crippen molar-refractivity contribution in [2.75, 3.05) is 30.9 Å². The van der Waals surface area contributed by atoms with E-state index in [1.165, 1.54) is 0 Å². The van der Waals surface area contributed by atoms with Crippen LogP contribution in [0.5, 0.6) is 0 Å². The molecule has 2 rings (SSSR count). The van der Waals surface area contributed by atoms with E-state index in [2.05, 4.69) is 34.2 Å². The first kappa shape index (κ1) is 11.1. The summed E-state index contributed by atoms with van der Waals surface area (Å²) < 4.78 is 5.56. The van der Waals surface area contributed by atoms with E-state index in [1.54, 1.807) is 6.20 Å². The number of hydrogen-bond acceptors (Lipinski definition) is 5. The summed E-state index contributed by atoms with van der Waals surface area (Å²) in [6.07, 6.45) is 3.08. The fraction of sp³-hybridized carbons (Fsp3) is 0.636. The van der Waals surface area contributed by atoms with Gasteiger partial charge < -0.3 is 15.0 Å². The molecule has 5 nitrogen and oxygen atoms in total. The average Bonchev–Trinajstić information content (AvgIpc) is 2.74. The molecule has 0 radical (unpaired) electrons. The highest BCUT2D eigenvalue weighted by Crippen LogP contribution is 2.22. The highest BCUT2D eigenvalue weighted by atomic mass is 16.5. The maximum absolute atomic E-state index is 5.56. The quantitative estimate of drug-likeness (QED) is 0.831. The van der Waals surface area contributed by atoms with Crippen LogP contribution in [0.25, 0.3) is 0 Å². The SMILES string of the molecule is CNc1nccc(N(C)C2CCOC2C)n1. The lowest BCUT2D eigenvalue weighted by Crippen LogP contribution is -2.37. The van der Waals surface area contributed by atoms with Gasteiger partial charge in [0.05, 0.1) is 12.1 Å². The molecule has 5 heteroatoms. The van der Waals surface area contributed by atoms with E-state index >= 15 is 0 Å². The van der Waals surface area contributed by atoms with Crippen LogP contribution in [0.2, 0.25) is 0 Å². The summed E-state index contributed by atoms with van der Waals surface area (Å²) in [4.78, 5) is 10.7. The number of anilines is 2. The van der Waals surface area contributed by atoms with Crippen molar-refractivity contribution in [1.29, 1.82) is 0 Å². The normalized spacial score (nSPS) is 24.4. The van der Waals surface area contributed by atoms with Gasteiger partial charge in [0.2, 0.25) is 5.95 Å². The molecule has 0 spiro atoms. The van der Waals surface area contributed by atoms with Crippen molar-refractivity contribution < 1.29 is 4.74 Å². The summed E-state index contributed by atoms with van der Waals surface area (Å²) in [6, 6.07) is 2.32. The Morgan fingerprint density at radius 1 is 1.56 bits per heavy atom. The van der Waals surface area contributed by atoms with E-state index in [4.69, 9.17) is 4.74 Å². The summed E-state index contributed by atoms with van der Waals surface area (Å²) >= 11 is 0. The van der Waals surface area contributed by atoms with Crippen LogP contribution in [0.1, 0.15) is 13.3 Å². The molecule has 88 valence electrons. The Balaban J connectivity index is 2.16. The molecule has 2 unspecified atom stereocenters. The Hall–Kier alpha value is -1.36. The van der Waals surface area contributed by atoms with Crippen molar-refractivity contribution in [3.63, 3.8) is 0 Å². The maximum Gasteiger partial charge on any atom is 0.224 e. The third kappa shape index (κ3) is 2.09. The largest absolute Gasteiger partial charge is 0.376 e. The molecule has 0 amide bonds. The minimum atomic E-state index is 0.262. The minimum absolute atomic E-state index is 0.262.